The minimum atomic E-state index is -0.429. The molecule has 3 heterocycles. The van der Waals surface area contributed by atoms with E-state index >= 15 is 0 Å². The Morgan fingerprint density at radius 1 is 1.21 bits per heavy atom. The predicted octanol–water partition coefficient (Wildman–Crippen LogP) is 4.21. The molecule has 0 aliphatic rings. The van der Waals surface area contributed by atoms with Gasteiger partial charge >= 0.3 is 0 Å². The van der Waals surface area contributed by atoms with Crippen LogP contribution in [0.15, 0.2) is 72.2 Å². The number of hydrogen-bond donors (Lipinski definition) is 4. The number of benzene rings is 2. The summed E-state index contributed by atoms with van der Waals surface area (Å²) in [6.07, 6.45) is 6.88. The number of pyridine rings is 1. The summed E-state index contributed by atoms with van der Waals surface area (Å²) in [7, 11) is 0. The third-order valence-electron chi connectivity index (χ3n) is 5.55. The normalized spacial score (nSPS) is 12.2. The monoisotopic (exact) mass is 460 g/mol. The molecule has 2 aromatic carbocycles. The summed E-state index contributed by atoms with van der Waals surface area (Å²) in [5.74, 6) is 0.438. The van der Waals surface area contributed by atoms with Crippen molar-refractivity contribution in [2.24, 2.45) is 0 Å². The maximum Gasteiger partial charge on any atom is 0.261 e. The van der Waals surface area contributed by atoms with E-state index in [0.717, 1.165) is 27.8 Å². The number of aromatic amines is 2. The molecule has 3 aromatic heterocycles. The second-order valence-corrected chi connectivity index (χ2v) is 8.18. The summed E-state index contributed by atoms with van der Waals surface area (Å²) in [4.78, 5) is 27.7. The number of aliphatic hydroxyl groups excluding tert-OH is 1. The Hall–Kier alpha value is -3.88. The molecule has 166 valence electrons. The molecule has 0 aliphatic carbocycles. The zero-order valence-electron chi connectivity index (χ0n) is 17.7. The minimum absolute atomic E-state index is 0.165. The molecular formula is C24H21ClN6O2. The van der Waals surface area contributed by atoms with Crippen molar-refractivity contribution in [1.82, 2.24) is 24.5 Å². The number of anilines is 1. The maximum atomic E-state index is 12.9. The minimum Gasteiger partial charge on any atom is -0.394 e. The fraction of sp³-hybridized carbons (Fsp3) is 0.125. The zero-order chi connectivity index (χ0) is 22.9. The number of H-pyrrole nitrogens is 2. The van der Waals surface area contributed by atoms with Crippen LogP contribution in [0, 0.1) is 6.92 Å². The molecular weight excluding hydrogens is 440 g/mol. The van der Waals surface area contributed by atoms with Gasteiger partial charge in [0.15, 0.2) is 0 Å². The standard InChI is InChI=1S/C24H21ClN6O2/c1-14-10-17(31-9-8-26-13-31)11-19-22(14)30-23(29-19)21-18(6-7-27-24(21)33)28-20(12-32)15-2-4-16(25)5-3-15/h2-11,13,20,32H,12H2,1H3,(H,29,30)(H2,27,28,33). The lowest BCUT2D eigenvalue weighted by atomic mass is 10.1. The molecule has 1 unspecified atom stereocenters. The third-order valence-corrected chi connectivity index (χ3v) is 5.80. The Bertz CT molecular complexity index is 1470. The first kappa shape index (κ1) is 21.0. The molecule has 1 atom stereocenters. The molecule has 9 heteroatoms. The molecule has 8 nitrogen and oxygen atoms in total. The molecule has 5 rings (SSSR count). The summed E-state index contributed by atoms with van der Waals surface area (Å²) in [5.41, 5.74) is 4.96. The van der Waals surface area contributed by atoms with E-state index in [1.165, 1.54) is 0 Å². The summed E-state index contributed by atoms with van der Waals surface area (Å²) < 4.78 is 1.91. The van der Waals surface area contributed by atoms with Crippen LogP contribution < -0.4 is 10.9 Å². The summed E-state index contributed by atoms with van der Waals surface area (Å²) in [6, 6.07) is 12.5. The number of halogens is 1. The summed E-state index contributed by atoms with van der Waals surface area (Å²) in [6.45, 7) is 1.81. The van der Waals surface area contributed by atoms with Gasteiger partial charge in [-0.3, -0.25) is 4.79 Å². The first-order chi connectivity index (χ1) is 16.0. The van der Waals surface area contributed by atoms with Crippen LogP contribution in [0.25, 0.3) is 28.1 Å². The largest absolute Gasteiger partial charge is 0.394 e. The fourth-order valence-electron chi connectivity index (χ4n) is 3.90. The van der Waals surface area contributed by atoms with E-state index in [4.69, 9.17) is 16.6 Å². The topological polar surface area (TPSA) is 112 Å². The number of rotatable bonds is 6. The number of imidazole rings is 2. The zero-order valence-corrected chi connectivity index (χ0v) is 18.5. The van der Waals surface area contributed by atoms with E-state index in [0.29, 0.717) is 22.1 Å². The van der Waals surface area contributed by atoms with Crippen molar-refractivity contribution in [3.8, 4) is 17.1 Å². The molecule has 0 amide bonds. The molecule has 0 bridgehead atoms. The lowest BCUT2D eigenvalue weighted by molar-refractivity contribution is 0.276. The molecule has 0 spiro atoms. The van der Waals surface area contributed by atoms with Crippen LogP contribution in [0.3, 0.4) is 0 Å². The number of aliphatic hydroxyl groups is 1. The number of nitrogens with zero attached hydrogens (tertiary/aromatic N) is 3. The molecule has 5 aromatic rings. The van der Waals surface area contributed by atoms with E-state index in [2.05, 4.69) is 20.3 Å². The van der Waals surface area contributed by atoms with Crippen LogP contribution in [-0.4, -0.2) is 36.2 Å². The Morgan fingerprint density at radius 2 is 2.03 bits per heavy atom. The lowest BCUT2D eigenvalue weighted by Crippen LogP contribution is -2.19. The van der Waals surface area contributed by atoms with Crippen LogP contribution in [0.4, 0.5) is 5.69 Å². The van der Waals surface area contributed by atoms with Gasteiger partial charge in [0.2, 0.25) is 0 Å². The van der Waals surface area contributed by atoms with E-state index in [9.17, 15) is 9.90 Å². The summed E-state index contributed by atoms with van der Waals surface area (Å²) in [5, 5.41) is 13.9. The lowest BCUT2D eigenvalue weighted by Gasteiger charge is -2.19. The number of fused-ring (bicyclic) bond motifs is 1. The van der Waals surface area contributed by atoms with Crippen LogP contribution in [0.1, 0.15) is 17.2 Å². The molecule has 33 heavy (non-hydrogen) atoms. The molecule has 0 saturated heterocycles. The fourth-order valence-corrected chi connectivity index (χ4v) is 4.03. The molecule has 0 fully saturated rings. The average Bonchev–Trinajstić information content (AvgIpc) is 3.48. The van der Waals surface area contributed by atoms with Crippen molar-refractivity contribution >= 4 is 28.3 Å². The van der Waals surface area contributed by atoms with E-state index in [-0.39, 0.29) is 12.2 Å². The van der Waals surface area contributed by atoms with Gasteiger partial charge in [0.05, 0.1) is 35.7 Å². The Kier molecular flexibility index (Phi) is 5.45. The Labute approximate surface area is 193 Å². The highest BCUT2D eigenvalue weighted by Gasteiger charge is 2.19. The van der Waals surface area contributed by atoms with Crippen molar-refractivity contribution in [3.05, 3.63) is 93.9 Å². The molecule has 0 aliphatic heterocycles. The van der Waals surface area contributed by atoms with Crippen LogP contribution >= 0.6 is 11.6 Å². The molecule has 0 radical (unpaired) electrons. The SMILES string of the molecule is Cc1cc(-n2ccnc2)cc2[nH]c(-c3c(NC(CO)c4ccc(Cl)cc4)cc[nH]c3=O)nc12. The average molecular weight is 461 g/mol. The van der Waals surface area contributed by atoms with E-state index in [1.54, 1.807) is 36.9 Å². The van der Waals surface area contributed by atoms with Crippen molar-refractivity contribution in [2.45, 2.75) is 13.0 Å². The van der Waals surface area contributed by atoms with Crippen LogP contribution in [0.5, 0.6) is 0 Å². The smallest absolute Gasteiger partial charge is 0.261 e. The quantitative estimate of drug-likeness (QED) is 0.303. The second-order valence-electron chi connectivity index (χ2n) is 7.74. The van der Waals surface area contributed by atoms with Gasteiger partial charge in [-0.05, 0) is 48.4 Å². The van der Waals surface area contributed by atoms with Crippen molar-refractivity contribution in [2.75, 3.05) is 11.9 Å². The van der Waals surface area contributed by atoms with Gasteiger partial charge in [0, 0.05) is 29.3 Å². The van der Waals surface area contributed by atoms with Crippen molar-refractivity contribution in [1.29, 1.82) is 0 Å². The predicted molar refractivity (Wildman–Crippen MR) is 129 cm³/mol. The van der Waals surface area contributed by atoms with Gasteiger partial charge in [0.1, 0.15) is 11.4 Å². The van der Waals surface area contributed by atoms with E-state index in [1.807, 2.05) is 42.0 Å². The highest BCUT2D eigenvalue weighted by Crippen LogP contribution is 2.29. The molecule has 0 saturated carbocycles. The highest BCUT2D eigenvalue weighted by molar-refractivity contribution is 6.30. The van der Waals surface area contributed by atoms with Crippen LogP contribution in [0.2, 0.25) is 5.02 Å². The first-order valence-electron chi connectivity index (χ1n) is 10.4. The van der Waals surface area contributed by atoms with Gasteiger partial charge in [-0.1, -0.05) is 23.7 Å². The number of aromatic nitrogens is 5. The van der Waals surface area contributed by atoms with Gasteiger partial charge in [-0.15, -0.1) is 0 Å². The van der Waals surface area contributed by atoms with Gasteiger partial charge in [-0.25, -0.2) is 9.97 Å². The third kappa shape index (κ3) is 4.02. The Morgan fingerprint density at radius 3 is 2.76 bits per heavy atom. The van der Waals surface area contributed by atoms with Gasteiger partial charge in [0.25, 0.3) is 5.56 Å². The van der Waals surface area contributed by atoms with Crippen molar-refractivity contribution in [3.63, 3.8) is 0 Å². The van der Waals surface area contributed by atoms with Crippen molar-refractivity contribution < 1.29 is 5.11 Å². The number of aryl methyl sites for hydroxylation is 1. The molecule has 4 N–H and O–H groups in total. The highest BCUT2D eigenvalue weighted by atomic mass is 35.5. The van der Waals surface area contributed by atoms with E-state index < -0.39 is 6.04 Å². The van der Waals surface area contributed by atoms with Crippen LogP contribution in [-0.2, 0) is 0 Å². The van der Waals surface area contributed by atoms with Gasteiger partial charge in [-0.2, -0.15) is 0 Å². The maximum absolute atomic E-state index is 12.9. The second kappa shape index (κ2) is 8.57. The first-order valence-corrected chi connectivity index (χ1v) is 10.7. The van der Waals surface area contributed by atoms with Gasteiger partial charge < -0.3 is 25.0 Å². The Balaban J connectivity index is 1.58. The number of hydrogen-bond acceptors (Lipinski definition) is 5. The summed E-state index contributed by atoms with van der Waals surface area (Å²) >= 11 is 6.00. The number of nitrogens with one attached hydrogen (secondary N) is 3.